The van der Waals surface area contributed by atoms with Crippen LogP contribution in [0.3, 0.4) is 0 Å². The summed E-state index contributed by atoms with van der Waals surface area (Å²) in [6, 6.07) is 14.8. The molecule has 3 rings (SSSR count). The lowest BCUT2D eigenvalue weighted by Crippen LogP contribution is -2.44. The maximum Gasteiger partial charge on any atom is 0.416 e. The van der Waals surface area contributed by atoms with E-state index < -0.39 is 17.3 Å². The normalized spacial score (nSPS) is 24.7. The highest BCUT2D eigenvalue weighted by Crippen LogP contribution is 2.47. The standard InChI is InChI=1S/C23H26F3NO/c1-27(2)16-21-13-7-10-18(14-17-8-4-3-5-9-17)22(21,28)19-11-6-12-20(15-19)23(24,25)26/h3-6,8-9,11-12,14-15,21,28H,7,10,13,16H2,1-2H3/b18-14-. The van der Waals surface area contributed by atoms with Gasteiger partial charge in [-0.2, -0.15) is 13.2 Å². The van der Waals surface area contributed by atoms with Gasteiger partial charge in [-0.1, -0.05) is 48.5 Å². The molecule has 1 N–H and O–H groups in total. The van der Waals surface area contributed by atoms with E-state index in [0.29, 0.717) is 18.5 Å². The molecule has 28 heavy (non-hydrogen) atoms. The molecule has 2 unspecified atom stereocenters. The first-order valence-electron chi connectivity index (χ1n) is 9.52. The third-order valence-electron chi connectivity index (χ3n) is 5.44. The molecule has 0 heterocycles. The number of halogens is 3. The summed E-state index contributed by atoms with van der Waals surface area (Å²) in [5.41, 5.74) is -0.133. The van der Waals surface area contributed by atoms with Crippen LogP contribution in [-0.2, 0) is 11.8 Å². The van der Waals surface area contributed by atoms with E-state index in [1.807, 2.05) is 55.4 Å². The van der Waals surface area contributed by atoms with Crippen LogP contribution in [0.2, 0.25) is 0 Å². The Bertz CT molecular complexity index is 829. The summed E-state index contributed by atoms with van der Waals surface area (Å²) < 4.78 is 39.9. The van der Waals surface area contributed by atoms with Crippen molar-refractivity contribution >= 4 is 6.08 Å². The Morgan fingerprint density at radius 3 is 2.46 bits per heavy atom. The van der Waals surface area contributed by atoms with Crippen LogP contribution in [0.4, 0.5) is 13.2 Å². The molecule has 2 atom stereocenters. The molecule has 2 aromatic carbocycles. The summed E-state index contributed by atoms with van der Waals surface area (Å²) in [5, 5.41) is 11.9. The molecule has 150 valence electrons. The SMILES string of the molecule is CN(C)CC1CCC/C(=C/c2ccccc2)C1(O)c1cccc(C(F)(F)F)c1. The summed E-state index contributed by atoms with van der Waals surface area (Å²) in [5.74, 6) is -0.185. The molecule has 0 radical (unpaired) electrons. The minimum atomic E-state index is -4.44. The Kier molecular flexibility index (Phi) is 5.96. The zero-order valence-electron chi connectivity index (χ0n) is 16.2. The van der Waals surface area contributed by atoms with E-state index in [2.05, 4.69) is 0 Å². The average Bonchev–Trinajstić information content (AvgIpc) is 2.65. The van der Waals surface area contributed by atoms with Gasteiger partial charge in [-0.15, -0.1) is 0 Å². The second-order valence-electron chi connectivity index (χ2n) is 7.78. The highest BCUT2D eigenvalue weighted by atomic mass is 19.4. The molecule has 0 spiro atoms. The number of alkyl halides is 3. The fourth-order valence-electron chi connectivity index (χ4n) is 4.15. The lowest BCUT2D eigenvalue weighted by Gasteiger charge is -2.44. The Balaban J connectivity index is 2.13. The maximum atomic E-state index is 13.3. The van der Waals surface area contributed by atoms with E-state index in [1.165, 1.54) is 6.07 Å². The van der Waals surface area contributed by atoms with Crippen molar-refractivity contribution in [3.8, 4) is 0 Å². The van der Waals surface area contributed by atoms with E-state index in [9.17, 15) is 18.3 Å². The molecular weight excluding hydrogens is 363 g/mol. The zero-order chi connectivity index (χ0) is 20.4. The van der Waals surface area contributed by atoms with Gasteiger partial charge in [0.25, 0.3) is 0 Å². The van der Waals surface area contributed by atoms with Gasteiger partial charge in [0.15, 0.2) is 0 Å². The van der Waals surface area contributed by atoms with Crippen molar-refractivity contribution < 1.29 is 18.3 Å². The first-order valence-corrected chi connectivity index (χ1v) is 9.52. The van der Waals surface area contributed by atoms with Crippen molar-refractivity contribution in [2.45, 2.75) is 31.0 Å². The van der Waals surface area contributed by atoms with Crippen LogP contribution in [0.1, 0.15) is 36.0 Å². The summed E-state index contributed by atoms with van der Waals surface area (Å²) in [7, 11) is 3.84. The number of rotatable bonds is 4. The molecule has 2 nitrogen and oxygen atoms in total. The number of benzene rings is 2. The van der Waals surface area contributed by atoms with Gasteiger partial charge >= 0.3 is 6.18 Å². The lowest BCUT2D eigenvalue weighted by atomic mass is 9.67. The predicted molar refractivity (Wildman–Crippen MR) is 106 cm³/mol. The Morgan fingerprint density at radius 2 is 1.82 bits per heavy atom. The zero-order valence-corrected chi connectivity index (χ0v) is 16.2. The van der Waals surface area contributed by atoms with Gasteiger partial charge in [0.2, 0.25) is 0 Å². The van der Waals surface area contributed by atoms with Gasteiger partial charge in [-0.05, 0) is 62.2 Å². The number of aliphatic hydroxyl groups is 1. The number of hydrogen-bond acceptors (Lipinski definition) is 2. The topological polar surface area (TPSA) is 23.5 Å². The Hall–Kier alpha value is -2.11. The second kappa shape index (κ2) is 8.10. The van der Waals surface area contributed by atoms with Crippen molar-refractivity contribution in [1.29, 1.82) is 0 Å². The van der Waals surface area contributed by atoms with Crippen LogP contribution in [0.5, 0.6) is 0 Å². The quantitative estimate of drug-likeness (QED) is 0.763. The fraction of sp³-hybridized carbons (Fsp3) is 0.391. The van der Waals surface area contributed by atoms with Gasteiger partial charge in [0.05, 0.1) is 5.56 Å². The second-order valence-corrected chi connectivity index (χ2v) is 7.78. The molecule has 0 aromatic heterocycles. The third kappa shape index (κ3) is 4.31. The van der Waals surface area contributed by atoms with Gasteiger partial charge in [0.1, 0.15) is 5.60 Å². The van der Waals surface area contributed by atoms with Crippen molar-refractivity contribution in [1.82, 2.24) is 4.90 Å². The molecule has 0 saturated heterocycles. The van der Waals surface area contributed by atoms with Crippen molar-refractivity contribution in [2.24, 2.45) is 5.92 Å². The minimum Gasteiger partial charge on any atom is -0.380 e. The molecule has 2 aromatic rings. The van der Waals surface area contributed by atoms with Crippen molar-refractivity contribution in [3.63, 3.8) is 0 Å². The van der Waals surface area contributed by atoms with E-state index in [0.717, 1.165) is 36.1 Å². The van der Waals surface area contributed by atoms with Crippen LogP contribution in [0.25, 0.3) is 6.08 Å². The van der Waals surface area contributed by atoms with E-state index in [4.69, 9.17) is 0 Å². The molecular formula is C23H26F3NO. The van der Waals surface area contributed by atoms with E-state index in [-0.39, 0.29) is 5.92 Å². The van der Waals surface area contributed by atoms with Gasteiger partial charge in [-0.3, -0.25) is 0 Å². The number of hydrogen-bond donors (Lipinski definition) is 1. The molecule has 0 bridgehead atoms. The molecule has 0 amide bonds. The van der Waals surface area contributed by atoms with Crippen LogP contribution in [0.15, 0.2) is 60.2 Å². The molecule has 1 aliphatic rings. The van der Waals surface area contributed by atoms with Crippen LogP contribution in [0, 0.1) is 5.92 Å². The lowest BCUT2D eigenvalue weighted by molar-refractivity contribution is -0.137. The fourth-order valence-corrected chi connectivity index (χ4v) is 4.15. The monoisotopic (exact) mass is 389 g/mol. The molecule has 1 aliphatic carbocycles. The molecule has 1 saturated carbocycles. The molecule has 0 aliphatic heterocycles. The van der Waals surface area contributed by atoms with Gasteiger partial charge < -0.3 is 10.0 Å². The number of nitrogens with zero attached hydrogens (tertiary/aromatic N) is 1. The highest BCUT2D eigenvalue weighted by molar-refractivity contribution is 5.57. The average molecular weight is 389 g/mol. The van der Waals surface area contributed by atoms with E-state index >= 15 is 0 Å². The first-order chi connectivity index (χ1) is 13.2. The van der Waals surface area contributed by atoms with Crippen molar-refractivity contribution in [2.75, 3.05) is 20.6 Å². The smallest absolute Gasteiger partial charge is 0.380 e. The highest BCUT2D eigenvalue weighted by Gasteiger charge is 2.45. The molecule has 1 fully saturated rings. The van der Waals surface area contributed by atoms with Crippen LogP contribution in [-0.4, -0.2) is 30.6 Å². The minimum absolute atomic E-state index is 0.185. The van der Waals surface area contributed by atoms with Crippen LogP contribution >= 0.6 is 0 Å². The van der Waals surface area contributed by atoms with E-state index in [1.54, 1.807) is 6.07 Å². The van der Waals surface area contributed by atoms with Gasteiger partial charge in [-0.25, -0.2) is 0 Å². The maximum absolute atomic E-state index is 13.3. The van der Waals surface area contributed by atoms with Crippen LogP contribution < -0.4 is 0 Å². The Morgan fingerprint density at radius 1 is 1.11 bits per heavy atom. The summed E-state index contributed by atoms with van der Waals surface area (Å²) in [6.45, 7) is 0.596. The largest absolute Gasteiger partial charge is 0.416 e. The van der Waals surface area contributed by atoms with Crippen molar-refractivity contribution in [3.05, 3.63) is 76.9 Å². The molecule has 5 heteroatoms. The first kappa shape index (κ1) is 20.6. The summed E-state index contributed by atoms with van der Waals surface area (Å²) >= 11 is 0. The summed E-state index contributed by atoms with van der Waals surface area (Å²) in [4.78, 5) is 1.98. The Labute approximate surface area is 164 Å². The van der Waals surface area contributed by atoms with Gasteiger partial charge in [0, 0.05) is 12.5 Å². The summed E-state index contributed by atoms with van der Waals surface area (Å²) in [6.07, 6.45) is -0.190. The predicted octanol–water partition coefficient (Wildman–Crippen LogP) is 5.34. The third-order valence-corrected chi connectivity index (χ3v) is 5.44.